The summed E-state index contributed by atoms with van der Waals surface area (Å²) in [5.74, 6) is 0.629. The summed E-state index contributed by atoms with van der Waals surface area (Å²) in [6, 6.07) is 9.01. The van der Waals surface area contributed by atoms with Crippen LogP contribution < -0.4 is 0 Å². The summed E-state index contributed by atoms with van der Waals surface area (Å²) < 4.78 is 0.935. The molecule has 3 aromatic rings. The zero-order valence-electron chi connectivity index (χ0n) is 9.50. The molecular weight excluding hydrogens is 312 g/mol. The molecule has 0 aliphatic carbocycles. The Kier molecular flexibility index (Phi) is 2.75. The van der Waals surface area contributed by atoms with Crippen molar-refractivity contribution in [3.8, 4) is 11.4 Å². The Labute approximate surface area is 115 Å². The minimum Gasteiger partial charge on any atom is -0.323 e. The third-order valence-electron chi connectivity index (χ3n) is 2.63. The van der Waals surface area contributed by atoms with Crippen LogP contribution in [0, 0.1) is 10.1 Å². The van der Waals surface area contributed by atoms with Crippen LogP contribution >= 0.6 is 15.9 Å². The lowest BCUT2D eigenvalue weighted by Gasteiger charge is -1.96. The number of hydrogen-bond donors (Lipinski definition) is 1. The maximum absolute atomic E-state index is 10.7. The highest BCUT2D eigenvalue weighted by molar-refractivity contribution is 9.10. The van der Waals surface area contributed by atoms with Gasteiger partial charge in [-0.3, -0.25) is 10.1 Å². The second-order valence-corrected chi connectivity index (χ2v) is 4.83. The highest BCUT2D eigenvalue weighted by Crippen LogP contribution is 2.24. The molecule has 0 aliphatic rings. The molecule has 0 unspecified atom stereocenters. The van der Waals surface area contributed by atoms with Crippen LogP contribution in [0.25, 0.3) is 22.6 Å². The van der Waals surface area contributed by atoms with Crippen molar-refractivity contribution < 1.29 is 4.92 Å². The molecule has 3 rings (SSSR count). The summed E-state index contributed by atoms with van der Waals surface area (Å²) in [6.45, 7) is 0. The van der Waals surface area contributed by atoms with Gasteiger partial charge in [-0.05, 0) is 12.1 Å². The van der Waals surface area contributed by atoms with Gasteiger partial charge in [-0.2, -0.15) is 0 Å². The predicted molar refractivity (Wildman–Crippen MR) is 73.7 cm³/mol. The summed E-state index contributed by atoms with van der Waals surface area (Å²) in [7, 11) is 0. The number of hydrogen-bond acceptors (Lipinski definition) is 4. The molecule has 0 fully saturated rings. The number of aromatic amines is 1. The van der Waals surface area contributed by atoms with Gasteiger partial charge in [0.2, 0.25) is 0 Å². The Balaban J connectivity index is 2.14. The highest BCUT2D eigenvalue weighted by atomic mass is 79.9. The van der Waals surface area contributed by atoms with Crippen molar-refractivity contribution in [3.63, 3.8) is 0 Å². The summed E-state index contributed by atoms with van der Waals surface area (Å²) >= 11 is 3.39. The molecule has 0 amide bonds. The van der Waals surface area contributed by atoms with Gasteiger partial charge in [-0.15, -0.1) is 0 Å². The van der Waals surface area contributed by atoms with E-state index in [1.165, 1.54) is 12.3 Å². The quantitative estimate of drug-likeness (QED) is 0.580. The fraction of sp³-hybridized carbons (Fsp3) is 0. The first kappa shape index (κ1) is 11.8. The van der Waals surface area contributed by atoms with E-state index in [-0.39, 0.29) is 5.69 Å². The number of nitrogens with zero attached hydrogens (tertiary/aromatic N) is 3. The standard InChI is InChI=1S/C12H7BrN4O2/c13-8-3-1-2-7(4-8)11-15-10-5-9(17(18)19)6-14-12(10)16-11/h1-6H,(H,14,15,16). The molecule has 6 nitrogen and oxygen atoms in total. The monoisotopic (exact) mass is 318 g/mol. The molecule has 2 aromatic heterocycles. The number of benzene rings is 1. The van der Waals surface area contributed by atoms with E-state index < -0.39 is 4.92 Å². The van der Waals surface area contributed by atoms with Gasteiger partial charge in [0.25, 0.3) is 5.69 Å². The number of rotatable bonds is 2. The number of halogens is 1. The third-order valence-corrected chi connectivity index (χ3v) is 3.12. The van der Waals surface area contributed by atoms with Gasteiger partial charge in [-0.25, -0.2) is 9.97 Å². The van der Waals surface area contributed by atoms with Crippen LogP contribution in [0.3, 0.4) is 0 Å². The lowest BCUT2D eigenvalue weighted by Crippen LogP contribution is -1.88. The van der Waals surface area contributed by atoms with E-state index in [1.54, 1.807) is 0 Å². The highest BCUT2D eigenvalue weighted by Gasteiger charge is 2.11. The van der Waals surface area contributed by atoms with Crippen molar-refractivity contribution in [3.05, 3.63) is 51.1 Å². The first-order valence-electron chi connectivity index (χ1n) is 5.39. The van der Waals surface area contributed by atoms with Gasteiger partial charge in [0, 0.05) is 16.1 Å². The molecule has 0 radical (unpaired) electrons. The van der Waals surface area contributed by atoms with Crippen molar-refractivity contribution in [2.45, 2.75) is 0 Å². The molecule has 0 aliphatic heterocycles. The van der Waals surface area contributed by atoms with E-state index in [2.05, 4.69) is 30.9 Å². The molecule has 0 saturated carbocycles. The zero-order chi connectivity index (χ0) is 13.4. The van der Waals surface area contributed by atoms with Crippen LogP contribution in [0.5, 0.6) is 0 Å². The fourth-order valence-corrected chi connectivity index (χ4v) is 2.16. The minimum absolute atomic E-state index is 0.0696. The maximum Gasteiger partial charge on any atom is 0.289 e. The number of H-pyrrole nitrogens is 1. The van der Waals surface area contributed by atoms with Gasteiger partial charge in [0.15, 0.2) is 5.65 Å². The molecule has 94 valence electrons. The van der Waals surface area contributed by atoms with E-state index in [1.807, 2.05) is 24.3 Å². The summed E-state index contributed by atoms with van der Waals surface area (Å²) in [6.07, 6.45) is 1.21. The molecule has 0 saturated heterocycles. The van der Waals surface area contributed by atoms with Crippen LogP contribution in [-0.2, 0) is 0 Å². The molecule has 0 bridgehead atoms. The van der Waals surface area contributed by atoms with Gasteiger partial charge >= 0.3 is 0 Å². The Morgan fingerprint density at radius 2 is 2.16 bits per heavy atom. The molecule has 1 aromatic carbocycles. The number of aromatic nitrogens is 3. The van der Waals surface area contributed by atoms with E-state index in [0.717, 1.165) is 10.0 Å². The van der Waals surface area contributed by atoms with Crippen molar-refractivity contribution >= 4 is 32.8 Å². The van der Waals surface area contributed by atoms with E-state index in [4.69, 9.17) is 0 Å². The summed E-state index contributed by atoms with van der Waals surface area (Å²) in [5.41, 5.74) is 1.82. The number of pyridine rings is 1. The lowest BCUT2D eigenvalue weighted by molar-refractivity contribution is -0.385. The Morgan fingerprint density at radius 1 is 1.32 bits per heavy atom. The first-order valence-corrected chi connectivity index (χ1v) is 6.19. The number of nitro groups is 1. The molecular formula is C12H7BrN4O2. The smallest absolute Gasteiger partial charge is 0.289 e. The van der Waals surface area contributed by atoms with Gasteiger partial charge < -0.3 is 4.98 Å². The fourth-order valence-electron chi connectivity index (χ4n) is 1.76. The number of nitrogens with one attached hydrogen (secondary N) is 1. The van der Waals surface area contributed by atoms with E-state index in [9.17, 15) is 10.1 Å². The largest absolute Gasteiger partial charge is 0.323 e. The maximum atomic E-state index is 10.7. The van der Waals surface area contributed by atoms with Crippen molar-refractivity contribution in [2.75, 3.05) is 0 Å². The normalized spacial score (nSPS) is 10.8. The van der Waals surface area contributed by atoms with Crippen molar-refractivity contribution in [2.24, 2.45) is 0 Å². The Hall–Kier alpha value is -2.28. The third kappa shape index (κ3) is 2.19. The number of imidazole rings is 1. The Morgan fingerprint density at radius 3 is 2.89 bits per heavy atom. The predicted octanol–water partition coefficient (Wildman–Crippen LogP) is 3.30. The molecule has 1 N–H and O–H groups in total. The van der Waals surface area contributed by atoms with Crippen LogP contribution in [0.1, 0.15) is 0 Å². The average molecular weight is 319 g/mol. The molecule has 0 spiro atoms. The van der Waals surface area contributed by atoms with Gasteiger partial charge in [0.1, 0.15) is 17.5 Å². The second-order valence-electron chi connectivity index (χ2n) is 3.91. The van der Waals surface area contributed by atoms with E-state index >= 15 is 0 Å². The molecule has 0 atom stereocenters. The van der Waals surface area contributed by atoms with Crippen LogP contribution in [-0.4, -0.2) is 19.9 Å². The van der Waals surface area contributed by atoms with Crippen LogP contribution in [0.2, 0.25) is 0 Å². The topological polar surface area (TPSA) is 84.7 Å². The minimum atomic E-state index is -0.486. The number of fused-ring (bicyclic) bond motifs is 1. The summed E-state index contributed by atoms with van der Waals surface area (Å²) in [4.78, 5) is 21.6. The molecule has 19 heavy (non-hydrogen) atoms. The van der Waals surface area contributed by atoms with E-state index in [0.29, 0.717) is 17.0 Å². The second kappa shape index (κ2) is 4.43. The lowest BCUT2D eigenvalue weighted by atomic mass is 10.2. The average Bonchev–Trinajstić information content (AvgIpc) is 2.81. The van der Waals surface area contributed by atoms with Gasteiger partial charge in [0.05, 0.1) is 4.92 Å². The molecule has 7 heteroatoms. The first-order chi connectivity index (χ1) is 9.13. The van der Waals surface area contributed by atoms with Crippen molar-refractivity contribution in [1.82, 2.24) is 15.0 Å². The van der Waals surface area contributed by atoms with Crippen LogP contribution in [0.4, 0.5) is 5.69 Å². The SMILES string of the molecule is O=[N+]([O-])c1cnc2[nH]c(-c3cccc(Br)c3)nc2c1. The van der Waals surface area contributed by atoms with Gasteiger partial charge in [-0.1, -0.05) is 28.1 Å². The molecule has 2 heterocycles. The Bertz CT molecular complexity index is 784. The summed E-state index contributed by atoms with van der Waals surface area (Å²) in [5, 5.41) is 10.7. The van der Waals surface area contributed by atoms with Crippen molar-refractivity contribution in [1.29, 1.82) is 0 Å². The zero-order valence-corrected chi connectivity index (χ0v) is 11.1. The van der Waals surface area contributed by atoms with Crippen LogP contribution in [0.15, 0.2) is 41.0 Å².